The molecule has 0 aliphatic heterocycles. The quantitative estimate of drug-likeness (QED) is 0.705. The molecule has 0 bridgehead atoms. The third kappa shape index (κ3) is 2.90. The van der Waals surface area contributed by atoms with Crippen LogP contribution in [0.15, 0.2) is 40.9 Å². The Morgan fingerprint density at radius 3 is 2.47 bits per heavy atom. The zero-order chi connectivity index (χ0) is 14.0. The molecule has 0 saturated carbocycles. The molecule has 2 aromatic carbocycles. The molecule has 1 atom stereocenters. The van der Waals surface area contributed by atoms with Crippen LogP contribution in [0.2, 0.25) is 0 Å². The molecule has 5 heteroatoms. The summed E-state index contributed by atoms with van der Waals surface area (Å²) in [7, 11) is 1.38. The van der Waals surface area contributed by atoms with E-state index in [-0.39, 0.29) is 11.3 Å². The lowest BCUT2D eigenvalue weighted by Gasteiger charge is -2.14. The second-order valence-corrected chi connectivity index (χ2v) is 5.18. The van der Waals surface area contributed by atoms with Crippen molar-refractivity contribution in [2.24, 2.45) is 0 Å². The van der Waals surface area contributed by atoms with E-state index in [9.17, 15) is 8.78 Å². The number of rotatable bonds is 3. The first kappa shape index (κ1) is 14.3. The largest absolute Gasteiger partial charge is 0.494 e. The third-order valence-corrected chi connectivity index (χ3v) is 3.88. The van der Waals surface area contributed by atoms with Gasteiger partial charge in [-0.1, -0.05) is 28.1 Å². The molecule has 0 spiro atoms. The minimum Gasteiger partial charge on any atom is -0.494 e. The molecule has 100 valence electrons. The van der Waals surface area contributed by atoms with Gasteiger partial charge in [-0.05, 0) is 29.8 Å². The lowest BCUT2D eigenvalue weighted by Crippen LogP contribution is -2.00. The topological polar surface area (TPSA) is 9.23 Å². The molecule has 1 nitrogen and oxygen atoms in total. The van der Waals surface area contributed by atoms with E-state index in [0.717, 1.165) is 0 Å². The average molecular weight is 348 g/mol. The Bertz CT molecular complexity index is 584. The minimum atomic E-state index is -0.781. The van der Waals surface area contributed by atoms with E-state index in [4.69, 9.17) is 16.3 Å². The lowest BCUT2D eigenvalue weighted by molar-refractivity contribution is 0.386. The molecule has 0 aromatic heterocycles. The fourth-order valence-corrected chi connectivity index (χ4v) is 2.82. The van der Waals surface area contributed by atoms with Crippen LogP contribution >= 0.6 is 27.5 Å². The fraction of sp³-hybridized carbons (Fsp3) is 0.143. The van der Waals surface area contributed by atoms with Crippen LogP contribution in [0, 0.1) is 11.6 Å². The number of benzene rings is 2. The normalized spacial score (nSPS) is 12.3. The zero-order valence-corrected chi connectivity index (χ0v) is 12.3. The third-order valence-electron chi connectivity index (χ3n) is 2.72. The molecule has 0 fully saturated rings. The maximum atomic E-state index is 13.8. The van der Waals surface area contributed by atoms with Crippen molar-refractivity contribution >= 4 is 27.5 Å². The SMILES string of the molecule is COc1ccc(C(Cl)c2c(F)cccc2Br)cc1F. The summed E-state index contributed by atoms with van der Waals surface area (Å²) < 4.78 is 32.8. The molecule has 2 aromatic rings. The number of halogens is 4. The van der Waals surface area contributed by atoms with Crippen LogP contribution in [0.3, 0.4) is 0 Å². The smallest absolute Gasteiger partial charge is 0.165 e. The molecule has 0 aliphatic rings. The number of alkyl halides is 1. The number of hydrogen-bond donors (Lipinski definition) is 0. The number of methoxy groups -OCH3 is 1. The molecule has 0 aliphatic carbocycles. The zero-order valence-electron chi connectivity index (χ0n) is 9.96. The molecule has 0 N–H and O–H groups in total. The van der Waals surface area contributed by atoms with Crippen molar-refractivity contribution in [3.05, 3.63) is 63.6 Å². The summed E-state index contributed by atoms with van der Waals surface area (Å²) in [5.41, 5.74) is 0.750. The summed E-state index contributed by atoms with van der Waals surface area (Å²) in [4.78, 5) is 0. The van der Waals surface area contributed by atoms with Crippen LogP contribution in [-0.2, 0) is 0 Å². The molecular weight excluding hydrogens is 338 g/mol. The summed E-state index contributed by atoms with van der Waals surface area (Å²) in [5, 5.41) is -0.781. The molecule has 0 radical (unpaired) electrons. The first-order valence-corrected chi connectivity index (χ1v) is 6.69. The average Bonchev–Trinajstić information content (AvgIpc) is 2.38. The summed E-state index contributed by atoms with van der Waals surface area (Å²) in [6.07, 6.45) is 0. The first-order chi connectivity index (χ1) is 9.04. The van der Waals surface area contributed by atoms with Gasteiger partial charge in [0, 0.05) is 10.0 Å². The van der Waals surface area contributed by atoms with Crippen molar-refractivity contribution in [1.82, 2.24) is 0 Å². The van der Waals surface area contributed by atoms with Gasteiger partial charge in [0.1, 0.15) is 5.82 Å². The maximum Gasteiger partial charge on any atom is 0.165 e. The van der Waals surface area contributed by atoms with Gasteiger partial charge in [0.15, 0.2) is 11.6 Å². The molecule has 0 saturated heterocycles. The van der Waals surface area contributed by atoms with Crippen LogP contribution in [0.1, 0.15) is 16.5 Å². The fourth-order valence-electron chi connectivity index (χ4n) is 1.76. The van der Waals surface area contributed by atoms with Crippen LogP contribution in [-0.4, -0.2) is 7.11 Å². The number of hydrogen-bond acceptors (Lipinski definition) is 1. The van der Waals surface area contributed by atoms with Gasteiger partial charge in [0.25, 0.3) is 0 Å². The van der Waals surface area contributed by atoms with Crippen LogP contribution in [0.5, 0.6) is 5.75 Å². The van der Waals surface area contributed by atoms with Crippen LogP contribution in [0.4, 0.5) is 8.78 Å². The molecular formula is C14H10BrClF2O. The molecule has 1 unspecified atom stereocenters. The van der Waals surface area contributed by atoms with Crippen LogP contribution in [0.25, 0.3) is 0 Å². The maximum absolute atomic E-state index is 13.8. The monoisotopic (exact) mass is 346 g/mol. The van der Waals surface area contributed by atoms with Crippen molar-refractivity contribution in [3.8, 4) is 5.75 Å². The van der Waals surface area contributed by atoms with Gasteiger partial charge in [0.2, 0.25) is 0 Å². The highest BCUT2D eigenvalue weighted by Gasteiger charge is 2.19. The highest BCUT2D eigenvalue weighted by atomic mass is 79.9. The minimum absolute atomic E-state index is 0.125. The summed E-state index contributed by atoms with van der Waals surface area (Å²) >= 11 is 9.48. The predicted octanol–water partition coefficient (Wildman–Crippen LogP) is 5.06. The summed E-state index contributed by atoms with van der Waals surface area (Å²) in [6.45, 7) is 0. The van der Waals surface area contributed by atoms with Crippen molar-refractivity contribution in [1.29, 1.82) is 0 Å². The van der Waals surface area contributed by atoms with Gasteiger partial charge in [-0.25, -0.2) is 8.78 Å². The van der Waals surface area contributed by atoms with Gasteiger partial charge >= 0.3 is 0 Å². The van der Waals surface area contributed by atoms with E-state index in [1.807, 2.05) is 0 Å². The highest BCUT2D eigenvalue weighted by molar-refractivity contribution is 9.10. The molecule has 0 amide bonds. The highest BCUT2D eigenvalue weighted by Crippen LogP contribution is 2.36. The Hall–Kier alpha value is -1.13. The van der Waals surface area contributed by atoms with E-state index in [0.29, 0.717) is 10.0 Å². The van der Waals surface area contributed by atoms with Gasteiger partial charge < -0.3 is 4.74 Å². The first-order valence-electron chi connectivity index (χ1n) is 5.46. The second kappa shape index (κ2) is 5.88. The van der Waals surface area contributed by atoms with Gasteiger partial charge in [0.05, 0.1) is 12.5 Å². The molecule has 2 rings (SSSR count). The van der Waals surface area contributed by atoms with E-state index in [1.54, 1.807) is 18.2 Å². The van der Waals surface area contributed by atoms with Crippen LogP contribution < -0.4 is 4.74 Å². The summed E-state index contributed by atoms with van der Waals surface area (Å²) in [6, 6.07) is 8.90. The standard InChI is InChI=1S/C14H10BrClF2O/c1-19-12-6-5-8(7-11(12)18)14(16)13-9(15)3-2-4-10(13)17/h2-7,14H,1H3. The van der Waals surface area contributed by atoms with Crippen molar-refractivity contribution < 1.29 is 13.5 Å². The Morgan fingerprint density at radius 1 is 1.16 bits per heavy atom. The Balaban J connectivity index is 2.44. The van der Waals surface area contributed by atoms with Crippen molar-refractivity contribution in [3.63, 3.8) is 0 Å². The van der Waals surface area contributed by atoms with E-state index >= 15 is 0 Å². The van der Waals surface area contributed by atoms with Gasteiger partial charge in [-0.15, -0.1) is 11.6 Å². The molecule has 19 heavy (non-hydrogen) atoms. The van der Waals surface area contributed by atoms with E-state index < -0.39 is 17.0 Å². The molecule has 0 heterocycles. The second-order valence-electron chi connectivity index (χ2n) is 3.89. The van der Waals surface area contributed by atoms with Crippen molar-refractivity contribution in [2.45, 2.75) is 5.38 Å². The van der Waals surface area contributed by atoms with E-state index in [2.05, 4.69) is 15.9 Å². The van der Waals surface area contributed by atoms with Gasteiger partial charge in [-0.3, -0.25) is 0 Å². The lowest BCUT2D eigenvalue weighted by atomic mass is 10.0. The Kier molecular flexibility index (Phi) is 4.42. The Morgan fingerprint density at radius 2 is 1.89 bits per heavy atom. The predicted molar refractivity (Wildman–Crippen MR) is 74.7 cm³/mol. The Labute approximate surface area is 123 Å². The summed E-state index contributed by atoms with van der Waals surface area (Å²) in [5.74, 6) is -0.844. The van der Waals surface area contributed by atoms with Crippen molar-refractivity contribution in [2.75, 3.05) is 7.11 Å². The number of ether oxygens (including phenoxy) is 1. The van der Waals surface area contributed by atoms with E-state index in [1.165, 1.54) is 25.3 Å². The van der Waals surface area contributed by atoms with Gasteiger partial charge in [-0.2, -0.15) is 0 Å².